The molecule has 140 valence electrons. The summed E-state index contributed by atoms with van der Waals surface area (Å²) in [5.41, 5.74) is 3.84. The molecule has 2 aromatic rings. The van der Waals surface area contributed by atoms with Gasteiger partial charge in [-0.3, -0.25) is 5.32 Å². The lowest BCUT2D eigenvalue weighted by atomic mass is 10.1. The van der Waals surface area contributed by atoms with E-state index in [9.17, 15) is 13.2 Å². The average molecular weight is 395 g/mol. The zero-order chi connectivity index (χ0) is 18.9. The molecule has 2 heterocycles. The highest BCUT2D eigenvalue weighted by Crippen LogP contribution is 2.29. The number of nitrogens with one attached hydrogen (secondary N) is 2. The summed E-state index contributed by atoms with van der Waals surface area (Å²) in [4.78, 5) is 17.5. The highest BCUT2D eigenvalue weighted by atomic mass is 32.2. The van der Waals surface area contributed by atoms with Gasteiger partial charge in [0.1, 0.15) is 0 Å². The van der Waals surface area contributed by atoms with Crippen LogP contribution in [0.1, 0.15) is 28.6 Å². The van der Waals surface area contributed by atoms with Gasteiger partial charge in [-0.2, -0.15) is 4.31 Å². The third kappa shape index (κ3) is 4.05. The first kappa shape index (κ1) is 18.8. The summed E-state index contributed by atoms with van der Waals surface area (Å²) >= 11 is 1.32. The Bertz CT molecular complexity index is 937. The Balaban J connectivity index is 1.67. The molecule has 0 radical (unpaired) electrons. The Morgan fingerprint density at radius 2 is 2.04 bits per heavy atom. The monoisotopic (exact) mass is 394 g/mol. The Morgan fingerprint density at radius 1 is 1.27 bits per heavy atom. The molecule has 2 N–H and O–H groups in total. The highest BCUT2D eigenvalue weighted by Gasteiger charge is 2.28. The SMILES string of the molecule is CCS(=O)(=O)N1CCc2nc(NC(=O)Nc3ccc(C)c(C)c3)sc2C1. The topological polar surface area (TPSA) is 91.4 Å². The molecule has 0 saturated heterocycles. The standard InChI is InChI=1S/C17H22N4O3S2/c1-4-26(23,24)21-8-7-14-15(10-21)25-17(19-14)20-16(22)18-13-6-5-11(2)12(3)9-13/h5-6,9H,4,7-8,10H2,1-3H3,(H2,18,19,20,22). The van der Waals surface area contributed by atoms with Crippen molar-refractivity contribution in [3.63, 3.8) is 0 Å². The number of rotatable bonds is 4. The highest BCUT2D eigenvalue weighted by molar-refractivity contribution is 7.89. The first-order valence-corrected chi connectivity index (χ1v) is 10.8. The van der Waals surface area contributed by atoms with E-state index in [1.165, 1.54) is 15.6 Å². The molecule has 1 aliphatic rings. The van der Waals surface area contributed by atoms with Crippen LogP contribution in [0.4, 0.5) is 15.6 Å². The molecular formula is C17H22N4O3S2. The van der Waals surface area contributed by atoms with Crippen LogP contribution in [0.3, 0.4) is 0 Å². The van der Waals surface area contributed by atoms with Crippen LogP contribution in [0.5, 0.6) is 0 Å². The number of carbonyl (C=O) groups is 1. The smallest absolute Gasteiger partial charge is 0.308 e. The fourth-order valence-electron chi connectivity index (χ4n) is 2.72. The van der Waals surface area contributed by atoms with Crippen LogP contribution in [0, 0.1) is 13.8 Å². The molecule has 0 aliphatic carbocycles. The van der Waals surface area contributed by atoms with Crippen LogP contribution in [0.25, 0.3) is 0 Å². The van der Waals surface area contributed by atoms with Gasteiger partial charge in [-0.1, -0.05) is 17.4 Å². The van der Waals surface area contributed by atoms with E-state index < -0.39 is 10.0 Å². The van der Waals surface area contributed by atoms with Gasteiger partial charge in [-0.05, 0) is 44.0 Å². The fourth-order valence-corrected chi connectivity index (χ4v) is 4.89. The molecule has 7 nitrogen and oxygen atoms in total. The van der Waals surface area contributed by atoms with Gasteiger partial charge >= 0.3 is 6.03 Å². The predicted octanol–water partition coefficient (Wildman–Crippen LogP) is 3.11. The maximum atomic E-state index is 12.2. The molecule has 3 rings (SSSR count). The first-order valence-electron chi connectivity index (χ1n) is 8.40. The van der Waals surface area contributed by atoms with Gasteiger partial charge in [0.15, 0.2) is 5.13 Å². The molecule has 9 heteroatoms. The second-order valence-corrected chi connectivity index (χ2v) is 9.59. The number of carbonyl (C=O) groups excluding carboxylic acids is 1. The van der Waals surface area contributed by atoms with Gasteiger partial charge in [-0.25, -0.2) is 18.2 Å². The Hall–Kier alpha value is -1.97. The summed E-state index contributed by atoms with van der Waals surface area (Å²) in [5, 5.41) is 6.01. The summed E-state index contributed by atoms with van der Waals surface area (Å²) in [6.07, 6.45) is 0.561. The largest absolute Gasteiger partial charge is 0.325 e. The number of aryl methyl sites for hydroxylation is 2. The van der Waals surface area contributed by atoms with E-state index in [0.29, 0.717) is 30.3 Å². The van der Waals surface area contributed by atoms with E-state index >= 15 is 0 Å². The predicted molar refractivity (Wildman–Crippen MR) is 104 cm³/mol. The molecule has 0 bridgehead atoms. The number of aromatic nitrogens is 1. The number of thiazole rings is 1. The van der Waals surface area contributed by atoms with Gasteiger partial charge in [0.25, 0.3) is 0 Å². The zero-order valence-corrected chi connectivity index (χ0v) is 16.6. The van der Waals surface area contributed by atoms with Crippen LogP contribution in [0.15, 0.2) is 18.2 Å². The number of sulfonamides is 1. The maximum absolute atomic E-state index is 12.2. The number of anilines is 2. The first-order chi connectivity index (χ1) is 12.3. The molecule has 1 aromatic carbocycles. The van der Waals surface area contributed by atoms with Crippen molar-refractivity contribution >= 4 is 38.2 Å². The Morgan fingerprint density at radius 3 is 2.73 bits per heavy atom. The van der Waals surface area contributed by atoms with Gasteiger partial charge in [0, 0.05) is 30.1 Å². The minimum absolute atomic E-state index is 0.0879. The van der Waals surface area contributed by atoms with Crippen molar-refractivity contribution in [2.45, 2.75) is 33.7 Å². The van der Waals surface area contributed by atoms with Gasteiger partial charge in [0.2, 0.25) is 10.0 Å². The third-order valence-corrected chi connectivity index (χ3v) is 7.27. The maximum Gasteiger partial charge on any atom is 0.325 e. The summed E-state index contributed by atoms with van der Waals surface area (Å²) < 4.78 is 25.5. The van der Waals surface area contributed by atoms with Crippen LogP contribution in [-0.2, 0) is 23.0 Å². The van der Waals surface area contributed by atoms with Crippen LogP contribution in [-0.4, -0.2) is 36.0 Å². The molecule has 0 fully saturated rings. The minimum atomic E-state index is -3.21. The number of fused-ring (bicyclic) bond motifs is 1. The summed E-state index contributed by atoms with van der Waals surface area (Å²) in [6.45, 7) is 6.40. The summed E-state index contributed by atoms with van der Waals surface area (Å²) in [5.74, 6) is 0.0879. The van der Waals surface area contributed by atoms with Gasteiger partial charge in [-0.15, -0.1) is 0 Å². The molecule has 0 atom stereocenters. The van der Waals surface area contributed by atoms with Crippen molar-refractivity contribution in [3.05, 3.63) is 39.9 Å². The number of benzene rings is 1. The zero-order valence-electron chi connectivity index (χ0n) is 15.0. The lowest BCUT2D eigenvalue weighted by molar-refractivity contribution is 0.262. The van der Waals surface area contributed by atoms with E-state index in [0.717, 1.165) is 21.7 Å². The van der Waals surface area contributed by atoms with E-state index in [1.807, 2.05) is 32.0 Å². The number of nitrogens with zero attached hydrogens (tertiary/aromatic N) is 2. The fraction of sp³-hybridized carbons (Fsp3) is 0.412. The number of amides is 2. The van der Waals surface area contributed by atoms with Crippen molar-refractivity contribution in [1.82, 2.24) is 9.29 Å². The van der Waals surface area contributed by atoms with Crippen LogP contribution >= 0.6 is 11.3 Å². The van der Waals surface area contributed by atoms with Gasteiger partial charge < -0.3 is 5.32 Å². The molecule has 1 aliphatic heterocycles. The molecule has 2 amide bonds. The normalized spacial score (nSPS) is 14.7. The van der Waals surface area contributed by atoms with Crippen molar-refractivity contribution in [1.29, 1.82) is 0 Å². The van der Waals surface area contributed by atoms with E-state index in [4.69, 9.17) is 0 Å². The van der Waals surface area contributed by atoms with Crippen LogP contribution in [0.2, 0.25) is 0 Å². The minimum Gasteiger partial charge on any atom is -0.308 e. The van der Waals surface area contributed by atoms with Crippen molar-refractivity contribution in [2.24, 2.45) is 0 Å². The Labute approximate surface area is 157 Å². The molecule has 1 aromatic heterocycles. The van der Waals surface area contributed by atoms with Crippen LogP contribution < -0.4 is 10.6 Å². The molecular weight excluding hydrogens is 372 g/mol. The Kier molecular flexibility index (Phi) is 5.31. The number of urea groups is 1. The second kappa shape index (κ2) is 7.34. The summed E-state index contributed by atoms with van der Waals surface area (Å²) in [6, 6.07) is 5.35. The van der Waals surface area contributed by atoms with E-state index in [2.05, 4.69) is 15.6 Å². The molecule has 0 saturated carbocycles. The quantitative estimate of drug-likeness (QED) is 0.833. The van der Waals surface area contributed by atoms with Crippen molar-refractivity contribution in [2.75, 3.05) is 22.9 Å². The van der Waals surface area contributed by atoms with E-state index in [-0.39, 0.29) is 11.8 Å². The van der Waals surface area contributed by atoms with Crippen molar-refractivity contribution < 1.29 is 13.2 Å². The number of hydrogen-bond donors (Lipinski definition) is 2. The van der Waals surface area contributed by atoms with Crippen molar-refractivity contribution in [3.8, 4) is 0 Å². The lowest BCUT2D eigenvalue weighted by Gasteiger charge is -2.24. The summed E-state index contributed by atoms with van der Waals surface area (Å²) in [7, 11) is -3.21. The lowest BCUT2D eigenvalue weighted by Crippen LogP contribution is -2.36. The molecule has 26 heavy (non-hydrogen) atoms. The van der Waals surface area contributed by atoms with E-state index in [1.54, 1.807) is 6.92 Å². The van der Waals surface area contributed by atoms with Gasteiger partial charge in [0.05, 0.1) is 11.4 Å². The average Bonchev–Trinajstić information content (AvgIpc) is 2.99. The molecule has 0 spiro atoms. The number of hydrogen-bond acceptors (Lipinski definition) is 5. The molecule has 0 unspecified atom stereocenters. The third-order valence-electron chi connectivity index (χ3n) is 4.44. The second-order valence-electron chi connectivity index (χ2n) is 6.25.